The summed E-state index contributed by atoms with van der Waals surface area (Å²) < 4.78 is 0. The van der Waals surface area contributed by atoms with Gasteiger partial charge >= 0.3 is 0 Å². The summed E-state index contributed by atoms with van der Waals surface area (Å²) in [6, 6.07) is -0.766. The summed E-state index contributed by atoms with van der Waals surface area (Å²) in [5.74, 6) is -0.705. The first kappa shape index (κ1) is 17.4. The Labute approximate surface area is 126 Å². The van der Waals surface area contributed by atoms with Crippen LogP contribution in [0.3, 0.4) is 0 Å². The highest BCUT2D eigenvalue weighted by Crippen LogP contribution is 2.24. The van der Waals surface area contributed by atoms with E-state index in [-0.39, 0.29) is 23.8 Å². The van der Waals surface area contributed by atoms with Crippen LogP contribution in [-0.2, 0) is 14.4 Å². The van der Waals surface area contributed by atoms with Crippen LogP contribution in [0.1, 0.15) is 59.8 Å². The smallest absolute Gasteiger partial charge is 0.253 e. The summed E-state index contributed by atoms with van der Waals surface area (Å²) >= 11 is 0. The predicted molar refractivity (Wildman–Crippen MR) is 81.4 cm³/mol. The molecule has 1 N–H and O–H groups in total. The van der Waals surface area contributed by atoms with Crippen molar-refractivity contribution in [3.8, 4) is 0 Å². The Morgan fingerprint density at radius 3 is 2.48 bits per heavy atom. The molecule has 0 fully saturated rings. The van der Waals surface area contributed by atoms with Crippen molar-refractivity contribution in [3.05, 3.63) is 11.6 Å². The zero-order valence-electron chi connectivity index (χ0n) is 13.4. The first-order chi connectivity index (χ1) is 9.96. The number of nitrogens with zero attached hydrogens (tertiary/aromatic N) is 1. The highest BCUT2D eigenvalue weighted by molar-refractivity contribution is 6.06. The molecule has 5 nitrogen and oxygen atoms in total. The molecule has 3 amide bonds. The van der Waals surface area contributed by atoms with Crippen molar-refractivity contribution in [1.82, 2.24) is 10.2 Å². The van der Waals surface area contributed by atoms with Gasteiger partial charge in [-0.1, -0.05) is 33.6 Å². The third-order valence-corrected chi connectivity index (χ3v) is 3.76. The molecule has 1 aliphatic rings. The van der Waals surface area contributed by atoms with Crippen molar-refractivity contribution in [2.24, 2.45) is 0 Å². The van der Waals surface area contributed by atoms with Crippen molar-refractivity contribution >= 4 is 17.7 Å². The lowest BCUT2D eigenvalue weighted by molar-refractivity contribution is -0.146. The maximum absolute atomic E-state index is 12.7. The number of nitrogens with one attached hydrogen (secondary N) is 1. The summed E-state index contributed by atoms with van der Waals surface area (Å²) in [6.07, 6.45) is 4.84. The van der Waals surface area contributed by atoms with Gasteiger partial charge in [0.2, 0.25) is 5.91 Å². The van der Waals surface area contributed by atoms with Crippen LogP contribution in [0, 0.1) is 0 Å². The normalized spacial score (nSPS) is 19.4. The summed E-state index contributed by atoms with van der Waals surface area (Å²) in [5, 5.41) is 2.74. The molecule has 0 saturated heterocycles. The number of rotatable bonds is 7. The van der Waals surface area contributed by atoms with Crippen molar-refractivity contribution in [1.29, 1.82) is 0 Å². The quantitative estimate of drug-likeness (QED) is 0.782. The van der Waals surface area contributed by atoms with Crippen molar-refractivity contribution < 1.29 is 14.4 Å². The maximum Gasteiger partial charge on any atom is 0.253 e. The lowest BCUT2D eigenvalue weighted by Gasteiger charge is -2.28. The topological polar surface area (TPSA) is 66.5 Å². The van der Waals surface area contributed by atoms with Crippen molar-refractivity contribution in [3.63, 3.8) is 0 Å². The van der Waals surface area contributed by atoms with Crippen LogP contribution in [0.5, 0.6) is 0 Å². The Hall–Kier alpha value is -1.65. The Morgan fingerprint density at radius 2 is 1.95 bits per heavy atom. The molecule has 5 heteroatoms. The standard InChI is InChI=1S/C16H26N2O3/c1-5-8-12(17-14(19)7-3)16(21)18-13(9-6-2)11(4)10-15(18)20/h10,12-13H,5-9H2,1-4H3,(H,17,19)/t12-,13+/m0/s1. The largest absolute Gasteiger partial charge is 0.344 e. The first-order valence-corrected chi connectivity index (χ1v) is 7.80. The average Bonchev–Trinajstić information content (AvgIpc) is 2.72. The second-order valence-electron chi connectivity index (χ2n) is 5.50. The van der Waals surface area contributed by atoms with Gasteiger partial charge in [-0.3, -0.25) is 19.3 Å². The summed E-state index contributed by atoms with van der Waals surface area (Å²) in [4.78, 5) is 37.7. The fourth-order valence-corrected chi connectivity index (χ4v) is 2.62. The van der Waals surface area contributed by atoms with Crippen LogP contribution in [0.15, 0.2) is 11.6 Å². The molecule has 0 aromatic rings. The van der Waals surface area contributed by atoms with Gasteiger partial charge in [0, 0.05) is 12.5 Å². The van der Waals surface area contributed by atoms with Gasteiger partial charge in [0.1, 0.15) is 6.04 Å². The third-order valence-electron chi connectivity index (χ3n) is 3.76. The SMILES string of the molecule is CCC[C@H](NC(=O)CC)C(=O)N1C(=O)C=C(C)[C@H]1CCC. The minimum absolute atomic E-state index is 0.159. The van der Waals surface area contributed by atoms with Crippen LogP contribution in [0.4, 0.5) is 0 Å². The molecule has 0 unspecified atom stereocenters. The second-order valence-corrected chi connectivity index (χ2v) is 5.50. The minimum Gasteiger partial charge on any atom is -0.344 e. The van der Waals surface area contributed by atoms with Crippen LogP contribution in [0.2, 0.25) is 0 Å². The van der Waals surface area contributed by atoms with Crippen LogP contribution >= 0.6 is 0 Å². The van der Waals surface area contributed by atoms with E-state index < -0.39 is 6.04 Å². The van der Waals surface area contributed by atoms with Crippen LogP contribution < -0.4 is 5.32 Å². The van der Waals surface area contributed by atoms with E-state index in [1.165, 1.54) is 11.0 Å². The van der Waals surface area contributed by atoms with Crippen LogP contribution in [0.25, 0.3) is 0 Å². The van der Waals surface area contributed by atoms with Gasteiger partial charge in [-0.25, -0.2) is 0 Å². The molecule has 0 aromatic carbocycles. The molecule has 21 heavy (non-hydrogen) atoms. The fraction of sp³-hybridized carbons (Fsp3) is 0.688. The number of carbonyl (C=O) groups is 3. The van der Waals surface area contributed by atoms with E-state index in [0.29, 0.717) is 12.8 Å². The molecule has 2 atom stereocenters. The molecule has 0 aromatic heterocycles. The molecule has 118 valence electrons. The number of carbonyl (C=O) groups excluding carboxylic acids is 3. The van der Waals surface area contributed by atoms with E-state index in [1.807, 2.05) is 20.8 Å². The van der Waals surface area contributed by atoms with E-state index >= 15 is 0 Å². The lowest BCUT2D eigenvalue weighted by atomic mass is 10.0. The van der Waals surface area contributed by atoms with Gasteiger partial charge in [-0.05, 0) is 25.3 Å². The van der Waals surface area contributed by atoms with E-state index in [9.17, 15) is 14.4 Å². The molecule has 1 aliphatic heterocycles. The summed E-state index contributed by atoms with van der Waals surface area (Å²) in [6.45, 7) is 7.61. The third kappa shape index (κ3) is 4.16. The zero-order chi connectivity index (χ0) is 16.0. The number of amides is 3. The minimum atomic E-state index is -0.606. The first-order valence-electron chi connectivity index (χ1n) is 7.80. The Morgan fingerprint density at radius 1 is 1.29 bits per heavy atom. The zero-order valence-corrected chi connectivity index (χ0v) is 13.4. The monoisotopic (exact) mass is 294 g/mol. The van der Waals surface area contributed by atoms with Gasteiger partial charge in [-0.2, -0.15) is 0 Å². The van der Waals surface area contributed by atoms with Crippen LogP contribution in [-0.4, -0.2) is 34.7 Å². The fourth-order valence-electron chi connectivity index (χ4n) is 2.62. The van der Waals surface area contributed by atoms with Crippen molar-refractivity contribution in [2.75, 3.05) is 0 Å². The summed E-state index contributed by atoms with van der Waals surface area (Å²) in [5.41, 5.74) is 0.923. The highest BCUT2D eigenvalue weighted by Gasteiger charge is 2.37. The molecular formula is C16H26N2O3. The maximum atomic E-state index is 12.7. The van der Waals surface area contributed by atoms with Gasteiger partial charge in [-0.15, -0.1) is 0 Å². The molecule has 1 rings (SSSR count). The Kier molecular flexibility index (Phi) is 6.59. The molecule has 0 saturated carbocycles. The molecule has 1 heterocycles. The van der Waals surface area contributed by atoms with Gasteiger partial charge in [0.05, 0.1) is 6.04 Å². The van der Waals surface area contributed by atoms with E-state index in [1.54, 1.807) is 6.92 Å². The van der Waals surface area contributed by atoms with E-state index in [2.05, 4.69) is 5.32 Å². The van der Waals surface area contributed by atoms with Gasteiger partial charge in [0.25, 0.3) is 11.8 Å². The second kappa shape index (κ2) is 7.96. The number of hydrogen-bond donors (Lipinski definition) is 1. The van der Waals surface area contributed by atoms with E-state index in [4.69, 9.17) is 0 Å². The molecule has 0 aliphatic carbocycles. The lowest BCUT2D eigenvalue weighted by Crippen LogP contribution is -2.52. The molecule has 0 spiro atoms. The predicted octanol–water partition coefficient (Wildman–Crippen LogP) is 2.17. The van der Waals surface area contributed by atoms with E-state index in [0.717, 1.165) is 24.8 Å². The highest BCUT2D eigenvalue weighted by atomic mass is 16.2. The number of hydrogen-bond acceptors (Lipinski definition) is 3. The molecule has 0 bridgehead atoms. The van der Waals surface area contributed by atoms with Crippen molar-refractivity contribution in [2.45, 2.75) is 71.9 Å². The van der Waals surface area contributed by atoms with Gasteiger partial charge < -0.3 is 5.32 Å². The van der Waals surface area contributed by atoms with Gasteiger partial charge in [0.15, 0.2) is 0 Å². The molecular weight excluding hydrogens is 268 g/mol. The summed E-state index contributed by atoms with van der Waals surface area (Å²) in [7, 11) is 0. The average molecular weight is 294 g/mol. The molecule has 0 radical (unpaired) electrons. The Bertz CT molecular complexity index is 443. The Balaban J connectivity index is 2.91. The number of imide groups is 1.